The molecule has 15 heteroatoms. The average Bonchev–Trinajstić information content (AvgIpc) is 3.36. The number of rotatable bonds is 5. The monoisotopic (exact) mass is 607 g/mol. The lowest BCUT2D eigenvalue weighted by Crippen LogP contribution is -2.21. The smallest absolute Gasteiger partial charge is 0.476 e. The van der Waals surface area contributed by atoms with Gasteiger partial charge >= 0.3 is 24.3 Å². The number of carboxylic acid groups (broad SMARTS) is 2. The molecule has 0 fully saturated rings. The van der Waals surface area contributed by atoms with Crippen LogP contribution in [0.3, 0.4) is 0 Å². The van der Waals surface area contributed by atoms with Crippen LogP contribution in [-0.2, 0) is 11.0 Å². The number of aromatic carboxylic acids is 1. The van der Waals surface area contributed by atoms with Gasteiger partial charge in [-0.3, -0.25) is 4.79 Å². The average molecular weight is 607 g/mol. The Bertz CT molecular complexity index is 1860. The van der Waals surface area contributed by atoms with Gasteiger partial charge in [0.2, 0.25) is 0 Å². The van der Waals surface area contributed by atoms with Gasteiger partial charge in [-0.1, -0.05) is 18.2 Å². The number of H-pyrrole nitrogens is 1. The van der Waals surface area contributed by atoms with Gasteiger partial charge in [0, 0.05) is 28.7 Å². The molecule has 0 amide bonds. The number of carbonyl (C=O) groups is 2. The van der Waals surface area contributed by atoms with E-state index in [4.69, 9.17) is 14.3 Å². The molecule has 0 saturated heterocycles. The van der Waals surface area contributed by atoms with Crippen molar-refractivity contribution in [3.8, 4) is 11.5 Å². The van der Waals surface area contributed by atoms with Crippen LogP contribution in [-0.4, -0.2) is 38.3 Å². The van der Waals surface area contributed by atoms with E-state index in [0.717, 1.165) is 29.1 Å². The highest BCUT2D eigenvalue weighted by atomic mass is 19.4. The molecule has 3 aromatic heterocycles. The van der Waals surface area contributed by atoms with Gasteiger partial charge in [0.25, 0.3) is 0 Å². The van der Waals surface area contributed by atoms with Gasteiger partial charge < -0.3 is 24.9 Å². The lowest BCUT2D eigenvalue weighted by molar-refractivity contribution is -0.192. The summed E-state index contributed by atoms with van der Waals surface area (Å²) in [5, 5.41) is 20.1. The molecule has 0 bridgehead atoms. The van der Waals surface area contributed by atoms with Gasteiger partial charge in [0.15, 0.2) is 16.9 Å². The van der Waals surface area contributed by atoms with Crippen molar-refractivity contribution >= 4 is 39.5 Å². The van der Waals surface area contributed by atoms with Crippen LogP contribution in [0.15, 0.2) is 76.1 Å². The molecule has 1 atom stereocenters. The second kappa shape index (κ2) is 11.5. The molecule has 2 aromatic carbocycles. The van der Waals surface area contributed by atoms with Crippen LogP contribution in [0.5, 0.6) is 0 Å². The van der Waals surface area contributed by atoms with Crippen molar-refractivity contribution in [2.75, 3.05) is 5.32 Å². The fraction of sp³-hybridized carbons (Fsp3) is 0.143. The summed E-state index contributed by atoms with van der Waals surface area (Å²) in [6.07, 6.45) is -8.50. The second-order valence-electron chi connectivity index (χ2n) is 9.06. The van der Waals surface area contributed by atoms with Crippen LogP contribution >= 0.6 is 0 Å². The summed E-state index contributed by atoms with van der Waals surface area (Å²) in [4.78, 5) is 40.4. The largest absolute Gasteiger partial charge is 0.490 e. The molecule has 5 aromatic rings. The Kier molecular flexibility index (Phi) is 8.19. The van der Waals surface area contributed by atoms with Crippen molar-refractivity contribution in [2.45, 2.75) is 25.3 Å². The molecule has 0 spiro atoms. The maximum Gasteiger partial charge on any atom is 0.490 e. The lowest BCUT2D eigenvalue weighted by atomic mass is 9.99. The number of halogens is 6. The number of nitrogens with zero attached hydrogens (tertiary/aromatic N) is 1. The summed E-state index contributed by atoms with van der Waals surface area (Å²) in [5.41, 5.74) is -0.554. The molecule has 0 aliphatic heterocycles. The number of carboxylic acids is 2. The number of pyridine rings is 1. The molecule has 0 aliphatic carbocycles. The number of hydrogen-bond donors (Lipinski definition) is 4. The van der Waals surface area contributed by atoms with Gasteiger partial charge in [-0.25, -0.2) is 14.6 Å². The molecular weight excluding hydrogens is 588 g/mol. The Hall–Kier alpha value is -5.34. The van der Waals surface area contributed by atoms with Crippen LogP contribution in [0, 0.1) is 0 Å². The zero-order chi connectivity index (χ0) is 31.7. The van der Waals surface area contributed by atoms with E-state index in [1.54, 1.807) is 13.0 Å². The Labute approximate surface area is 236 Å². The first-order valence-corrected chi connectivity index (χ1v) is 12.1. The molecule has 4 N–H and O–H groups in total. The van der Waals surface area contributed by atoms with Crippen molar-refractivity contribution in [2.24, 2.45) is 0 Å². The first kappa shape index (κ1) is 30.6. The minimum absolute atomic E-state index is 0.0371. The highest BCUT2D eigenvalue weighted by molar-refractivity contribution is 5.92. The third-order valence-electron chi connectivity index (χ3n) is 6.07. The molecule has 0 radical (unpaired) electrons. The number of alkyl halides is 6. The van der Waals surface area contributed by atoms with Crippen molar-refractivity contribution in [1.29, 1.82) is 0 Å². The molecule has 3 heterocycles. The number of nitrogens with one attached hydrogen (secondary N) is 2. The van der Waals surface area contributed by atoms with Crippen molar-refractivity contribution in [1.82, 2.24) is 9.97 Å². The summed E-state index contributed by atoms with van der Waals surface area (Å²) in [6, 6.07) is 14.1. The van der Waals surface area contributed by atoms with E-state index >= 15 is 0 Å². The third kappa shape index (κ3) is 6.77. The van der Waals surface area contributed by atoms with Gasteiger partial charge in [0.1, 0.15) is 5.58 Å². The number of aromatic nitrogens is 2. The minimum Gasteiger partial charge on any atom is -0.476 e. The number of hydrogen-bond acceptors (Lipinski definition) is 6. The number of aromatic amines is 1. The van der Waals surface area contributed by atoms with Crippen molar-refractivity contribution in [3.63, 3.8) is 0 Å². The predicted molar refractivity (Wildman–Crippen MR) is 142 cm³/mol. The van der Waals surface area contributed by atoms with Crippen LogP contribution in [0.2, 0.25) is 0 Å². The van der Waals surface area contributed by atoms with E-state index in [9.17, 15) is 41.0 Å². The summed E-state index contributed by atoms with van der Waals surface area (Å²) < 4.78 is 78.9. The summed E-state index contributed by atoms with van der Waals surface area (Å²) in [7, 11) is 0. The zero-order valence-electron chi connectivity index (χ0n) is 21.7. The fourth-order valence-corrected chi connectivity index (χ4v) is 4.11. The fourth-order valence-electron chi connectivity index (χ4n) is 4.11. The maximum absolute atomic E-state index is 13.7. The molecule has 0 aliphatic rings. The Balaban J connectivity index is 0.000000541. The van der Waals surface area contributed by atoms with E-state index in [-0.39, 0.29) is 33.7 Å². The summed E-state index contributed by atoms with van der Waals surface area (Å²) in [5.74, 6) is -3.90. The van der Waals surface area contributed by atoms with Gasteiger partial charge in [-0.2, -0.15) is 26.3 Å². The number of anilines is 1. The second-order valence-corrected chi connectivity index (χ2v) is 9.06. The maximum atomic E-state index is 13.7. The van der Waals surface area contributed by atoms with Gasteiger partial charge in [-0.05, 0) is 43.3 Å². The standard InChI is InChI=1S/C26H18F3N3O4.C2HF3O2/c1-13(31-19-7-4-8-30-23(19)25(34)35)16-10-15(26(27,28)29)11-17-21(33)12-22(36-24(16)17)20-9-14-5-2-3-6-18(14)32-20;3-2(4,5)1(6)7/h2-13,31-32H,1H3,(H,34,35);(H,6,7). The number of fused-ring (bicyclic) bond motifs is 2. The van der Waals surface area contributed by atoms with E-state index in [0.29, 0.717) is 5.69 Å². The Morgan fingerprint density at radius 3 is 2.26 bits per heavy atom. The van der Waals surface area contributed by atoms with Gasteiger partial charge in [-0.15, -0.1) is 0 Å². The van der Waals surface area contributed by atoms with Crippen LogP contribution < -0.4 is 10.7 Å². The zero-order valence-corrected chi connectivity index (χ0v) is 21.7. The summed E-state index contributed by atoms with van der Waals surface area (Å²) in [6.45, 7) is 1.54. The highest BCUT2D eigenvalue weighted by Gasteiger charge is 2.38. The molecule has 43 heavy (non-hydrogen) atoms. The normalized spacial score (nSPS) is 12.4. The predicted octanol–water partition coefficient (Wildman–Crippen LogP) is 6.86. The molecule has 9 nitrogen and oxygen atoms in total. The topological polar surface area (TPSA) is 146 Å². The van der Waals surface area contributed by atoms with Crippen molar-refractivity contribution < 1.29 is 50.6 Å². The van der Waals surface area contributed by atoms with E-state index < -0.39 is 41.3 Å². The third-order valence-corrected chi connectivity index (χ3v) is 6.07. The van der Waals surface area contributed by atoms with Crippen LogP contribution in [0.1, 0.15) is 34.6 Å². The first-order chi connectivity index (χ1) is 20.1. The SMILES string of the molecule is CC(Nc1cccnc1C(=O)O)c1cc(C(F)(F)F)cc2c(=O)cc(-c3cc4ccccc4[nH]3)oc12.O=C(O)C(F)(F)F. The van der Waals surface area contributed by atoms with E-state index in [1.807, 2.05) is 24.3 Å². The van der Waals surface area contributed by atoms with E-state index in [2.05, 4.69) is 15.3 Å². The quantitative estimate of drug-likeness (QED) is 0.159. The molecule has 0 saturated carbocycles. The highest BCUT2D eigenvalue weighted by Crippen LogP contribution is 2.37. The van der Waals surface area contributed by atoms with E-state index in [1.165, 1.54) is 18.3 Å². The lowest BCUT2D eigenvalue weighted by Gasteiger charge is -2.20. The Morgan fingerprint density at radius 2 is 1.65 bits per heavy atom. The molecule has 224 valence electrons. The molecule has 5 rings (SSSR count). The van der Waals surface area contributed by atoms with Crippen LogP contribution in [0.4, 0.5) is 32.0 Å². The minimum atomic E-state index is -5.08. The summed E-state index contributed by atoms with van der Waals surface area (Å²) >= 11 is 0. The number of benzene rings is 2. The molecular formula is C28H19F6N3O6. The number of para-hydroxylation sites is 1. The van der Waals surface area contributed by atoms with Crippen molar-refractivity contribution in [3.05, 3.63) is 93.9 Å². The first-order valence-electron chi connectivity index (χ1n) is 12.1. The number of aliphatic carboxylic acids is 1. The Morgan fingerprint density at radius 1 is 0.977 bits per heavy atom. The molecule has 1 unspecified atom stereocenters. The van der Waals surface area contributed by atoms with Crippen LogP contribution in [0.25, 0.3) is 33.3 Å². The van der Waals surface area contributed by atoms with Gasteiger partial charge in [0.05, 0.1) is 28.4 Å².